The summed E-state index contributed by atoms with van der Waals surface area (Å²) < 4.78 is 5.04. The van der Waals surface area contributed by atoms with Crippen molar-refractivity contribution >= 4 is 17.9 Å². The minimum atomic E-state index is -1.16. The van der Waals surface area contributed by atoms with Crippen LogP contribution in [0.25, 0.3) is 0 Å². The molecule has 94 valence electrons. The van der Waals surface area contributed by atoms with E-state index in [0.29, 0.717) is 6.54 Å². The Morgan fingerprint density at radius 3 is 2.76 bits per heavy atom. The van der Waals surface area contributed by atoms with Gasteiger partial charge in [-0.1, -0.05) is 6.92 Å². The van der Waals surface area contributed by atoms with Gasteiger partial charge in [0.1, 0.15) is 12.8 Å². The summed E-state index contributed by atoms with van der Waals surface area (Å²) in [6.45, 7) is 2.59. The SMILES string of the molecule is CCCN(CC(=O)NC)c1nc(C(=O)O)co1. The summed E-state index contributed by atoms with van der Waals surface area (Å²) >= 11 is 0. The van der Waals surface area contributed by atoms with Gasteiger partial charge in [-0.25, -0.2) is 4.79 Å². The van der Waals surface area contributed by atoms with Crippen LogP contribution in [0.5, 0.6) is 0 Å². The summed E-state index contributed by atoms with van der Waals surface area (Å²) in [6.07, 6.45) is 1.85. The minimum Gasteiger partial charge on any atom is -0.476 e. The van der Waals surface area contributed by atoms with E-state index >= 15 is 0 Å². The molecule has 0 bridgehead atoms. The van der Waals surface area contributed by atoms with Crippen LogP contribution < -0.4 is 10.2 Å². The Bertz CT molecular complexity index is 402. The lowest BCUT2D eigenvalue weighted by atomic mass is 10.4. The second-order valence-electron chi connectivity index (χ2n) is 3.42. The number of aromatic nitrogens is 1. The van der Waals surface area contributed by atoms with Gasteiger partial charge in [-0.05, 0) is 6.42 Å². The Balaban J connectivity index is 2.81. The third-order valence-corrected chi connectivity index (χ3v) is 2.09. The van der Waals surface area contributed by atoms with Gasteiger partial charge in [0.25, 0.3) is 6.01 Å². The van der Waals surface area contributed by atoms with E-state index in [0.717, 1.165) is 12.7 Å². The summed E-state index contributed by atoms with van der Waals surface area (Å²) in [5.41, 5.74) is -0.169. The first-order valence-electron chi connectivity index (χ1n) is 5.22. The predicted octanol–water partition coefficient (Wildman–Crippen LogP) is 0.335. The summed E-state index contributed by atoms with van der Waals surface area (Å²) in [6, 6.07) is 0.146. The van der Waals surface area contributed by atoms with Crippen molar-refractivity contribution in [2.24, 2.45) is 0 Å². The lowest BCUT2D eigenvalue weighted by molar-refractivity contribution is -0.119. The molecule has 0 aliphatic rings. The second-order valence-corrected chi connectivity index (χ2v) is 3.42. The number of carbonyl (C=O) groups is 2. The maximum Gasteiger partial charge on any atom is 0.357 e. The van der Waals surface area contributed by atoms with Crippen molar-refractivity contribution in [2.75, 3.05) is 25.0 Å². The smallest absolute Gasteiger partial charge is 0.357 e. The maximum absolute atomic E-state index is 11.3. The number of amides is 1. The van der Waals surface area contributed by atoms with Crippen molar-refractivity contribution in [2.45, 2.75) is 13.3 Å². The van der Waals surface area contributed by atoms with Crippen molar-refractivity contribution in [1.82, 2.24) is 10.3 Å². The molecule has 17 heavy (non-hydrogen) atoms. The number of hydrogen-bond acceptors (Lipinski definition) is 5. The molecular weight excluding hydrogens is 226 g/mol. The van der Waals surface area contributed by atoms with Gasteiger partial charge in [-0.3, -0.25) is 4.79 Å². The zero-order valence-corrected chi connectivity index (χ0v) is 9.77. The molecule has 0 aliphatic carbocycles. The summed E-state index contributed by atoms with van der Waals surface area (Å²) in [7, 11) is 1.53. The molecule has 1 aromatic heterocycles. The highest BCUT2D eigenvalue weighted by molar-refractivity contribution is 5.85. The highest BCUT2D eigenvalue weighted by Gasteiger charge is 2.17. The van der Waals surface area contributed by atoms with Crippen molar-refractivity contribution < 1.29 is 19.1 Å². The average molecular weight is 241 g/mol. The molecule has 1 aromatic rings. The van der Waals surface area contributed by atoms with Crippen LogP contribution in [-0.2, 0) is 4.79 Å². The van der Waals surface area contributed by atoms with E-state index in [2.05, 4.69) is 10.3 Å². The van der Waals surface area contributed by atoms with E-state index in [1.54, 1.807) is 4.90 Å². The normalized spacial score (nSPS) is 10.0. The number of carboxylic acids is 1. The first-order valence-corrected chi connectivity index (χ1v) is 5.22. The predicted molar refractivity (Wildman–Crippen MR) is 60.0 cm³/mol. The van der Waals surface area contributed by atoms with E-state index in [-0.39, 0.29) is 24.2 Å². The molecule has 1 amide bonds. The highest BCUT2D eigenvalue weighted by Crippen LogP contribution is 2.13. The van der Waals surface area contributed by atoms with Crippen LogP contribution in [-0.4, -0.2) is 42.1 Å². The molecule has 7 nitrogen and oxygen atoms in total. The van der Waals surface area contributed by atoms with Crippen molar-refractivity contribution in [3.8, 4) is 0 Å². The number of anilines is 1. The first kappa shape index (κ1) is 13.0. The van der Waals surface area contributed by atoms with Crippen molar-refractivity contribution in [3.05, 3.63) is 12.0 Å². The molecule has 0 aliphatic heterocycles. The molecule has 0 saturated carbocycles. The largest absolute Gasteiger partial charge is 0.476 e. The lowest BCUT2D eigenvalue weighted by Crippen LogP contribution is -2.36. The topological polar surface area (TPSA) is 95.7 Å². The Labute approximate surface area is 98.4 Å². The lowest BCUT2D eigenvalue weighted by Gasteiger charge is -2.18. The second kappa shape index (κ2) is 5.88. The zero-order valence-electron chi connectivity index (χ0n) is 9.77. The van der Waals surface area contributed by atoms with Crippen LogP contribution in [0.4, 0.5) is 6.01 Å². The third-order valence-electron chi connectivity index (χ3n) is 2.09. The number of carboxylic acid groups (broad SMARTS) is 1. The fourth-order valence-corrected chi connectivity index (χ4v) is 1.27. The molecule has 7 heteroatoms. The molecule has 0 radical (unpaired) electrons. The molecule has 2 N–H and O–H groups in total. The van der Waals surface area contributed by atoms with Gasteiger partial charge < -0.3 is 19.7 Å². The number of nitrogens with zero attached hydrogens (tertiary/aromatic N) is 2. The molecule has 1 rings (SSSR count). The highest BCUT2D eigenvalue weighted by atomic mass is 16.4. The van der Waals surface area contributed by atoms with E-state index in [1.165, 1.54) is 7.05 Å². The molecule has 1 heterocycles. The third kappa shape index (κ3) is 3.47. The van der Waals surface area contributed by atoms with Gasteiger partial charge in [0.05, 0.1) is 0 Å². The Kier molecular flexibility index (Phi) is 4.50. The number of hydrogen-bond donors (Lipinski definition) is 2. The number of likely N-dealkylation sites (N-methyl/N-ethyl adjacent to an activating group) is 1. The van der Waals surface area contributed by atoms with E-state index < -0.39 is 5.97 Å². The van der Waals surface area contributed by atoms with Gasteiger partial charge in [0, 0.05) is 13.6 Å². The van der Waals surface area contributed by atoms with Crippen molar-refractivity contribution in [1.29, 1.82) is 0 Å². The summed E-state index contributed by atoms with van der Waals surface area (Å²) in [5, 5.41) is 11.2. The number of rotatable bonds is 6. The molecule has 0 spiro atoms. The standard InChI is InChI=1S/C10H15N3O4/c1-3-4-13(5-8(14)11-2)10-12-7(6-17-10)9(15)16/h6H,3-5H2,1-2H3,(H,11,14)(H,15,16). The quantitative estimate of drug-likeness (QED) is 0.745. The fourth-order valence-electron chi connectivity index (χ4n) is 1.27. The van der Waals surface area contributed by atoms with Gasteiger partial charge in [-0.2, -0.15) is 4.98 Å². The van der Waals surface area contributed by atoms with E-state index in [9.17, 15) is 9.59 Å². The minimum absolute atomic E-state index is 0.0872. The van der Waals surface area contributed by atoms with Crippen LogP contribution in [0, 0.1) is 0 Å². The first-order chi connectivity index (χ1) is 8.08. The van der Waals surface area contributed by atoms with Crippen LogP contribution in [0.1, 0.15) is 23.8 Å². The monoisotopic (exact) mass is 241 g/mol. The van der Waals surface area contributed by atoms with Crippen LogP contribution in [0.3, 0.4) is 0 Å². The number of oxazole rings is 1. The van der Waals surface area contributed by atoms with E-state index in [4.69, 9.17) is 9.52 Å². The number of aromatic carboxylic acids is 1. The Morgan fingerprint density at radius 2 is 2.29 bits per heavy atom. The molecule has 0 saturated heterocycles. The zero-order chi connectivity index (χ0) is 12.8. The van der Waals surface area contributed by atoms with Crippen molar-refractivity contribution in [3.63, 3.8) is 0 Å². The molecule has 0 aromatic carbocycles. The van der Waals surface area contributed by atoms with Crippen LogP contribution in [0.15, 0.2) is 10.7 Å². The van der Waals surface area contributed by atoms with Gasteiger partial charge >= 0.3 is 5.97 Å². The van der Waals surface area contributed by atoms with Gasteiger partial charge in [-0.15, -0.1) is 0 Å². The molecule has 0 unspecified atom stereocenters. The molecule has 0 atom stereocenters. The average Bonchev–Trinajstić information content (AvgIpc) is 2.77. The maximum atomic E-state index is 11.3. The Hall–Kier alpha value is -2.05. The summed E-state index contributed by atoms with van der Waals surface area (Å²) in [4.78, 5) is 27.3. The van der Waals surface area contributed by atoms with Crippen LogP contribution in [0.2, 0.25) is 0 Å². The molecule has 0 fully saturated rings. The number of carbonyl (C=O) groups excluding carboxylic acids is 1. The molecular formula is C10H15N3O4. The Morgan fingerprint density at radius 1 is 1.59 bits per heavy atom. The summed E-state index contributed by atoms with van der Waals surface area (Å²) in [5.74, 6) is -1.34. The van der Waals surface area contributed by atoms with Crippen LogP contribution >= 0.6 is 0 Å². The fraction of sp³-hybridized carbons (Fsp3) is 0.500. The number of nitrogens with one attached hydrogen (secondary N) is 1. The van der Waals surface area contributed by atoms with Gasteiger partial charge in [0.2, 0.25) is 5.91 Å². The van der Waals surface area contributed by atoms with Gasteiger partial charge in [0.15, 0.2) is 5.69 Å². The van der Waals surface area contributed by atoms with E-state index in [1.807, 2.05) is 6.92 Å².